The number of rotatable bonds is 4. The normalized spacial score (nSPS) is 13.1. The Morgan fingerprint density at radius 3 is 2.71 bits per heavy atom. The summed E-state index contributed by atoms with van der Waals surface area (Å²) in [5, 5.41) is 2.46. The second-order valence-electron chi connectivity index (χ2n) is 3.89. The number of hydrogen-bond donors (Lipinski definition) is 2. The van der Waals surface area contributed by atoms with Gasteiger partial charge in [0.1, 0.15) is 15.4 Å². The lowest BCUT2D eigenvalue weighted by atomic mass is 10.2. The minimum absolute atomic E-state index is 0.0344. The highest BCUT2D eigenvalue weighted by atomic mass is 32.2. The molecule has 17 heavy (non-hydrogen) atoms. The topological polar surface area (TPSA) is 96.1 Å². The summed E-state index contributed by atoms with van der Waals surface area (Å²) < 4.78 is 22.0. The maximum absolute atomic E-state index is 11.6. The van der Waals surface area contributed by atoms with E-state index in [4.69, 9.17) is 0 Å². The fourth-order valence-corrected chi connectivity index (χ4v) is 2.38. The monoisotopic (exact) mass is 258 g/mol. The van der Waals surface area contributed by atoms with Crippen LogP contribution in [-0.4, -0.2) is 37.4 Å². The van der Waals surface area contributed by atoms with Gasteiger partial charge in [0.25, 0.3) is 5.91 Å². The number of sulfone groups is 1. The van der Waals surface area contributed by atoms with Gasteiger partial charge in [0, 0.05) is 30.8 Å². The van der Waals surface area contributed by atoms with E-state index in [1.165, 1.54) is 18.5 Å². The minimum Gasteiger partial charge on any atom is -0.367 e. The molecule has 1 amide bonds. The summed E-state index contributed by atoms with van der Waals surface area (Å²) in [6.07, 6.45) is 3.79. The zero-order chi connectivity index (χ0) is 13.1. The Balaban J connectivity index is 2.74. The zero-order valence-electron chi connectivity index (χ0n) is 9.56. The molecule has 0 aliphatic carbocycles. The quantitative estimate of drug-likeness (QED) is 0.763. The Hall–Kier alpha value is -1.63. The zero-order valence-corrected chi connectivity index (χ0v) is 10.4. The predicted octanol–water partition coefficient (Wildman–Crippen LogP) is -0.462. The van der Waals surface area contributed by atoms with Crippen LogP contribution in [0.25, 0.3) is 0 Å². The number of aromatic amines is 1. The first-order valence-corrected chi connectivity index (χ1v) is 7.01. The number of aromatic nitrogens is 1. The van der Waals surface area contributed by atoms with Gasteiger partial charge in [-0.2, -0.15) is 0 Å². The number of amides is 1. The van der Waals surface area contributed by atoms with Gasteiger partial charge in [-0.15, -0.1) is 0 Å². The molecule has 0 saturated heterocycles. The summed E-state index contributed by atoms with van der Waals surface area (Å²) in [5.74, 6) is -0.744. The summed E-state index contributed by atoms with van der Waals surface area (Å²) in [6.45, 7) is 1.57. The number of pyridine rings is 1. The molecule has 0 fully saturated rings. The third-order valence-corrected chi connectivity index (χ3v) is 3.10. The smallest absolute Gasteiger partial charge is 0.256 e. The molecule has 0 aromatic carbocycles. The fraction of sp³-hybridized carbons (Fsp3) is 0.400. The van der Waals surface area contributed by atoms with Crippen LogP contribution < -0.4 is 10.7 Å². The Morgan fingerprint density at radius 1 is 1.53 bits per heavy atom. The van der Waals surface area contributed by atoms with E-state index >= 15 is 0 Å². The lowest BCUT2D eigenvalue weighted by Crippen LogP contribution is -2.39. The van der Waals surface area contributed by atoms with Crippen molar-refractivity contribution in [3.8, 4) is 0 Å². The van der Waals surface area contributed by atoms with Gasteiger partial charge in [-0.25, -0.2) is 8.42 Å². The van der Waals surface area contributed by atoms with Crippen molar-refractivity contribution < 1.29 is 13.2 Å². The number of H-pyrrole nitrogens is 1. The summed E-state index contributed by atoms with van der Waals surface area (Å²) >= 11 is 0. The van der Waals surface area contributed by atoms with Crippen LogP contribution >= 0.6 is 0 Å². The predicted molar refractivity (Wildman–Crippen MR) is 63.7 cm³/mol. The molecule has 0 saturated carbocycles. The summed E-state index contributed by atoms with van der Waals surface area (Å²) in [4.78, 5) is 25.6. The molecule has 1 aromatic heterocycles. The molecule has 6 nitrogen and oxygen atoms in total. The molecule has 1 rings (SSSR count). The molecule has 1 unspecified atom stereocenters. The van der Waals surface area contributed by atoms with Crippen molar-refractivity contribution in [2.24, 2.45) is 0 Å². The Bertz CT molecular complexity index is 562. The van der Waals surface area contributed by atoms with Gasteiger partial charge in [-0.3, -0.25) is 9.59 Å². The first-order valence-electron chi connectivity index (χ1n) is 4.95. The van der Waals surface area contributed by atoms with E-state index in [2.05, 4.69) is 10.3 Å². The van der Waals surface area contributed by atoms with Gasteiger partial charge in [0.2, 0.25) is 0 Å². The van der Waals surface area contributed by atoms with Gasteiger partial charge in [0.15, 0.2) is 5.43 Å². The lowest BCUT2D eigenvalue weighted by Gasteiger charge is -2.12. The van der Waals surface area contributed by atoms with Crippen molar-refractivity contribution in [2.75, 3.05) is 12.0 Å². The first-order chi connectivity index (χ1) is 7.79. The van der Waals surface area contributed by atoms with Crippen molar-refractivity contribution in [1.82, 2.24) is 10.3 Å². The molecule has 1 atom stereocenters. The fourth-order valence-electron chi connectivity index (χ4n) is 1.39. The summed E-state index contributed by atoms with van der Waals surface area (Å²) in [7, 11) is -3.16. The Kier molecular flexibility index (Phi) is 4.06. The Morgan fingerprint density at radius 2 is 2.18 bits per heavy atom. The highest BCUT2D eigenvalue weighted by Crippen LogP contribution is 1.94. The minimum atomic E-state index is -3.16. The molecule has 0 aliphatic heterocycles. The molecule has 94 valence electrons. The lowest BCUT2D eigenvalue weighted by molar-refractivity contribution is 0.0942. The standard InChI is InChI=1S/C10H14N2O4S/c1-7(6-17(2,15)16)12-10(14)8-5-11-4-3-9(8)13/h3-5,7H,6H2,1-2H3,(H,11,13)(H,12,14). The number of carbonyl (C=O) groups is 1. The second kappa shape index (κ2) is 5.13. The van der Waals surface area contributed by atoms with Crippen LogP contribution in [0.2, 0.25) is 0 Å². The molecule has 2 N–H and O–H groups in total. The van der Waals surface area contributed by atoms with E-state index < -0.39 is 27.2 Å². The first kappa shape index (κ1) is 13.4. The van der Waals surface area contributed by atoms with Gasteiger partial charge in [-0.05, 0) is 6.92 Å². The van der Waals surface area contributed by atoms with Gasteiger partial charge in [-0.1, -0.05) is 0 Å². The molecule has 0 spiro atoms. The van der Waals surface area contributed by atoms with E-state index in [1.54, 1.807) is 6.92 Å². The van der Waals surface area contributed by atoms with E-state index in [-0.39, 0.29) is 11.3 Å². The Labute approximate surface area is 99.0 Å². The number of hydrogen-bond acceptors (Lipinski definition) is 4. The molecular formula is C10H14N2O4S. The SMILES string of the molecule is CC(CS(C)(=O)=O)NC(=O)c1c[nH]ccc1=O. The van der Waals surface area contributed by atoms with Crippen LogP contribution in [0.4, 0.5) is 0 Å². The van der Waals surface area contributed by atoms with E-state index in [9.17, 15) is 18.0 Å². The van der Waals surface area contributed by atoms with Crippen LogP contribution in [-0.2, 0) is 9.84 Å². The summed E-state index contributed by atoms with van der Waals surface area (Å²) in [5.41, 5.74) is -0.444. The molecule has 0 radical (unpaired) electrons. The molecule has 0 aliphatic rings. The highest BCUT2D eigenvalue weighted by molar-refractivity contribution is 7.90. The van der Waals surface area contributed by atoms with Crippen LogP contribution in [0.3, 0.4) is 0 Å². The number of nitrogens with one attached hydrogen (secondary N) is 2. The number of carbonyl (C=O) groups excluding carboxylic acids is 1. The van der Waals surface area contributed by atoms with E-state index in [0.29, 0.717) is 0 Å². The van der Waals surface area contributed by atoms with Crippen molar-refractivity contribution in [3.63, 3.8) is 0 Å². The molecule has 0 bridgehead atoms. The van der Waals surface area contributed by atoms with Gasteiger partial charge in [0.05, 0.1) is 5.75 Å². The molecule has 1 aromatic rings. The maximum atomic E-state index is 11.6. The second-order valence-corrected chi connectivity index (χ2v) is 6.07. The van der Waals surface area contributed by atoms with Crippen molar-refractivity contribution in [3.05, 3.63) is 34.2 Å². The largest absolute Gasteiger partial charge is 0.367 e. The van der Waals surface area contributed by atoms with E-state index in [1.807, 2.05) is 0 Å². The maximum Gasteiger partial charge on any atom is 0.256 e. The molecule has 7 heteroatoms. The third kappa shape index (κ3) is 4.39. The van der Waals surface area contributed by atoms with Gasteiger partial charge >= 0.3 is 0 Å². The van der Waals surface area contributed by atoms with Crippen LogP contribution in [0.1, 0.15) is 17.3 Å². The van der Waals surface area contributed by atoms with Crippen molar-refractivity contribution in [1.29, 1.82) is 0 Å². The van der Waals surface area contributed by atoms with Gasteiger partial charge < -0.3 is 10.3 Å². The molecule has 1 heterocycles. The van der Waals surface area contributed by atoms with Crippen LogP contribution in [0, 0.1) is 0 Å². The van der Waals surface area contributed by atoms with E-state index in [0.717, 1.165) is 6.26 Å². The third-order valence-electron chi connectivity index (χ3n) is 2.00. The van der Waals surface area contributed by atoms with Crippen molar-refractivity contribution in [2.45, 2.75) is 13.0 Å². The van der Waals surface area contributed by atoms with Crippen LogP contribution in [0.15, 0.2) is 23.3 Å². The van der Waals surface area contributed by atoms with Crippen molar-refractivity contribution >= 4 is 15.7 Å². The highest BCUT2D eigenvalue weighted by Gasteiger charge is 2.15. The average molecular weight is 258 g/mol. The molecular weight excluding hydrogens is 244 g/mol. The van der Waals surface area contributed by atoms with Crippen LogP contribution in [0.5, 0.6) is 0 Å². The average Bonchev–Trinajstić information content (AvgIpc) is 2.14. The summed E-state index contributed by atoms with van der Waals surface area (Å²) in [6, 6.07) is 0.688.